The Morgan fingerprint density at radius 1 is 1.16 bits per heavy atom. The summed E-state index contributed by atoms with van der Waals surface area (Å²) in [4.78, 5) is 50.9. The average Bonchev–Trinajstić information content (AvgIpc) is 3.49. The Kier molecular flexibility index (Phi) is 5.53. The molecule has 0 radical (unpaired) electrons. The average molecular weight is 513 g/mol. The zero-order valence-electron chi connectivity index (χ0n) is 23.0. The molecule has 0 bridgehead atoms. The number of hydrogen-bond acceptors (Lipinski definition) is 6. The molecule has 1 heterocycles. The van der Waals surface area contributed by atoms with E-state index < -0.39 is 39.8 Å². The molecule has 5 aliphatic rings. The highest BCUT2D eigenvalue weighted by molar-refractivity contribution is 6.00. The molecule has 1 saturated heterocycles. The van der Waals surface area contributed by atoms with Gasteiger partial charge in [0.25, 0.3) is 0 Å². The van der Waals surface area contributed by atoms with Gasteiger partial charge in [-0.1, -0.05) is 47.1 Å². The lowest BCUT2D eigenvalue weighted by Gasteiger charge is -2.60. The number of carbonyl (C=O) groups is 4. The first-order valence-electron chi connectivity index (χ1n) is 13.6. The first-order valence-corrected chi connectivity index (χ1v) is 13.6. The molecule has 37 heavy (non-hydrogen) atoms. The van der Waals surface area contributed by atoms with E-state index in [9.17, 15) is 29.4 Å². The van der Waals surface area contributed by atoms with E-state index in [-0.39, 0.29) is 47.1 Å². The number of ketones is 3. The molecule has 1 spiro atoms. The van der Waals surface area contributed by atoms with Crippen LogP contribution in [0.15, 0.2) is 23.3 Å². The number of ether oxygens (including phenoxy) is 1. The van der Waals surface area contributed by atoms with Gasteiger partial charge < -0.3 is 14.9 Å². The van der Waals surface area contributed by atoms with Gasteiger partial charge in [-0.25, -0.2) is 0 Å². The van der Waals surface area contributed by atoms with Gasteiger partial charge in [0.15, 0.2) is 11.6 Å². The highest BCUT2D eigenvalue weighted by atomic mass is 16.6. The molecule has 0 aromatic carbocycles. The lowest BCUT2D eigenvalue weighted by Crippen LogP contribution is -2.65. The topological polar surface area (TPSA) is 121 Å². The van der Waals surface area contributed by atoms with Crippen molar-refractivity contribution in [2.24, 2.45) is 39.4 Å². The summed E-state index contributed by atoms with van der Waals surface area (Å²) in [6.45, 7) is 13.4. The number of rotatable bonds is 5. The van der Waals surface area contributed by atoms with Crippen LogP contribution in [0.25, 0.3) is 0 Å². The molecule has 7 nitrogen and oxygen atoms in total. The van der Waals surface area contributed by atoms with Gasteiger partial charge in [-0.2, -0.15) is 0 Å². The Labute approximate surface area is 218 Å². The molecule has 0 amide bonds. The van der Waals surface area contributed by atoms with E-state index in [1.54, 1.807) is 13.0 Å². The third kappa shape index (κ3) is 3.01. The molecule has 202 valence electrons. The third-order valence-electron chi connectivity index (χ3n) is 11.7. The molecule has 9 atom stereocenters. The van der Waals surface area contributed by atoms with E-state index in [0.29, 0.717) is 31.3 Å². The number of aliphatic carboxylic acids is 1. The lowest BCUT2D eigenvalue weighted by atomic mass is 9.40. The SMILES string of the molecule is C/C(=C\C(=O)C[C@H](C)C(=O)O)[C@H]1C[C@H](O)[C@]2(C)[C@]1(C)C(=O)C=C1[C@@]3(C)CCC(=O)C(C)(C)[C@H]3C[C@H]3O[C@@]132. The highest BCUT2D eigenvalue weighted by Gasteiger charge is 2.85. The van der Waals surface area contributed by atoms with E-state index in [1.165, 1.54) is 13.0 Å². The van der Waals surface area contributed by atoms with Crippen LogP contribution in [0, 0.1) is 39.4 Å². The Bertz CT molecular complexity index is 1180. The second-order valence-corrected chi connectivity index (χ2v) is 13.6. The standard InChI is InChI=1S/C30H40O7/c1-15(10-17(31)11-16(2)25(35)36)18-12-23(34)29(7)28(18,6)22(33)13-20-27(5)9-8-21(32)26(3,4)19(27)14-24-30(20,29)37-24/h10,13,16,18-19,23-24,34H,8-9,11-12,14H2,1-7H3,(H,35,36)/b15-10+/t16-,18+,19+,23-,24+,27-,28-,29+,30-/m0/s1. The van der Waals surface area contributed by atoms with Gasteiger partial charge >= 0.3 is 5.97 Å². The van der Waals surface area contributed by atoms with Gasteiger partial charge in [0.2, 0.25) is 0 Å². The zero-order valence-corrected chi connectivity index (χ0v) is 23.0. The summed E-state index contributed by atoms with van der Waals surface area (Å²) in [6.07, 6.45) is 4.30. The van der Waals surface area contributed by atoms with E-state index in [4.69, 9.17) is 4.74 Å². The van der Waals surface area contributed by atoms with Crippen LogP contribution >= 0.6 is 0 Å². The minimum atomic E-state index is -1.02. The Morgan fingerprint density at radius 3 is 2.43 bits per heavy atom. The lowest BCUT2D eigenvalue weighted by molar-refractivity contribution is -0.148. The number of aliphatic hydroxyl groups is 1. The molecule has 1 aliphatic heterocycles. The first-order chi connectivity index (χ1) is 17.0. The van der Waals surface area contributed by atoms with Crippen LogP contribution in [0.2, 0.25) is 0 Å². The maximum absolute atomic E-state index is 14.2. The van der Waals surface area contributed by atoms with Crippen LogP contribution < -0.4 is 0 Å². The molecule has 0 aromatic rings. The molecule has 7 heteroatoms. The summed E-state index contributed by atoms with van der Waals surface area (Å²) in [7, 11) is 0. The molecule has 0 unspecified atom stereocenters. The van der Waals surface area contributed by atoms with Crippen molar-refractivity contribution in [3.63, 3.8) is 0 Å². The van der Waals surface area contributed by atoms with Gasteiger partial charge in [-0.3, -0.25) is 19.2 Å². The van der Waals surface area contributed by atoms with Gasteiger partial charge in [-0.05, 0) is 61.2 Å². The van der Waals surface area contributed by atoms with Crippen molar-refractivity contribution in [3.8, 4) is 0 Å². The minimum Gasteiger partial charge on any atom is -0.481 e. The molecule has 4 fully saturated rings. The molecule has 4 aliphatic carbocycles. The van der Waals surface area contributed by atoms with Crippen molar-refractivity contribution in [2.75, 3.05) is 0 Å². The molecule has 3 saturated carbocycles. The van der Waals surface area contributed by atoms with E-state index in [1.807, 2.05) is 27.7 Å². The van der Waals surface area contributed by atoms with Crippen molar-refractivity contribution in [1.82, 2.24) is 0 Å². The number of Topliss-reactive ketones (excluding diaryl/α,β-unsaturated/α-hetero) is 1. The number of fused-ring (bicyclic) bond motifs is 3. The molecule has 2 N–H and O–H groups in total. The minimum absolute atomic E-state index is 0.0544. The van der Waals surface area contributed by atoms with Crippen LogP contribution in [-0.4, -0.2) is 51.3 Å². The number of hydrogen-bond donors (Lipinski definition) is 2. The Hall–Kier alpha value is -2.12. The predicted molar refractivity (Wildman–Crippen MR) is 135 cm³/mol. The summed E-state index contributed by atoms with van der Waals surface area (Å²) in [5.74, 6) is -2.25. The zero-order chi connectivity index (χ0) is 27.5. The largest absolute Gasteiger partial charge is 0.481 e. The Balaban J connectivity index is 1.58. The fourth-order valence-electron chi connectivity index (χ4n) is 9.21. The Morgan fingerprint density at radius 2 is 1.81 bits per heavy atom. The second-order valence-electron chi connectivity index (χ2n) is 13.6. The van der Waals surface area contributed by atoms with Crippen LogP contribution in [0.5, 0.6) is 0 Å². The number of epoxide rings is 1. The monoisotopic (exact) mass is 512 g/mol. The summed E-state index contributed by atoms with van der Waals surface area (Å²) in [6, 6.07) is 0. The maximum Gasteiger partial charge on any atom is 0.306 e. The van der Waals surface area contributed by atoms with Crippen molar-refractivity contribution >= 4 is 23.3 Å². The smallest absolute Gasteiger partial charge is 0.306 e. The molecule has 5 rings (SSSR count). The van der Waals surface area contributed by atoms with Crippen molar-refractivity contribution in [3.05, 3.63) is 23.3 Å². The predicted octanol–water partition coefficient (Wildman–Crippen LogP) is 4.07. The van der Waals surface area contributed by atoms with Gasteiger partial charge in [0.1, 0.15) is 11.4 Å². The van der Waals surface area contributed by atoms with Crippen LogP contribution in [0.1, 0.15) is 80.6 Å². The summed E-state index contributed by atoms with van der Waals surface area (Å²) in [5, 5.41) is 20.9. The van der Waals surface area contributed by atoms with E-state index in [0.717, 1.165) is 5.57 Å². The van der Waals surface area contributed by atoms with Crippen LogP contribution in [0.3, 0.4) is 0 Å². The van der Waals surface area contributed by atoms with Crippen LogP contribution in [-0.2, 0) is 23.9 Å². The fourth-order valence-corrected chi connectivity index (χ4v) is 9.21. The van der Waals surface area contributed by atoms with Gasteiger partial charge in [0, 0.05) is 29.1 Å². The van der Waals surface area contributed by atoms with Crippen molar-refractivity contribution in [1.29, 1.82) is 0 Å². The van der Waals surface area contributed by atoms with Crippen molar-refractivity contribution < 1.29 is 34.1 Å². The number of carboxylic acid groups (broad SMARTS) is 1. The maximum atomic E-state index is 14.2. The molecular formula is C30H40O7. The third-order valence-corrected chi connectivity index (χ3v) is 11.7. The number of allylic oxidation sites excluding steroid dienone is 3. The number of carbonyl (C=O) groups excluding carboxylic acids is 3. The van der Waals surface area contributed by atoms with E-state index in [2.05, 4.69) is 6.92 Å². The summed E-state index contributed by atoms with van der Waals surface area (Å²) in [5.41, 5.74) is -1.92. The summed E-state index contributed by atoms with van der Waals surface area (Å²) >= 11 is 0. The number of carboxylic acids is 1. The molecular weight excluding hydrogens is 472 g/mol. The van der Waals surface area contributed by atoms with Gasteiger partial charge in [0.05, 0.1) is 18.1 Å². The van der Waals surface area contributed by atoms with E-state index >= 15 is 0 Å². The number of aliphatic hydroxyl groups excluding tert-OH is 1. The van der Waals surface area contributed by atoms with Crippen LogP contribution in [0.4, 0.5) is 0 Å². The summed E-state index contributed by atoms with van der Waals surface area (Å²) < 4.78 is 6.60. The quantitative estimate of drug-likeness (QED) is 0.421. The second kappa shape index (κ2) is 7.72. The first kappa shape index (κ1) is 26.5. The molecule has 0 aromatic heterocycles. The fraction of sp³-hybridized carbons (Fsp3) is 0.733. The normalized spacial score (nSPS) is 46.7. The highest BCUT2D eigenvalue weighted by Crippen LogP contribution is 2.79. The van der Waals surface area contributed by atoms with Gasteiger partial charge in [-0.15, -0.1) is 0 Å². The van der Waals surface area contributed by atoms with Crippen molar-refractivity contribution in [2.45, 2.75) is 98.4 Å².